The number of hydrogen-bond acceptors (Lipinski definition) is 3. The highest BCUT2D eigenvalue weighted by atomic mass is 32.2. The summed E-state index contributed by atoms with van der Waals surface area (Å²) in [4.78, 5) is 0. The molecule has 1 aliphatic carbocycles. The number of aliphatic hydroxyl groups is 1. The van der Waals surface area contributed by atoms with Gasteiger partial charge in [0.2, 0.25) is 10.0 Å². The third kappa shape index (κ3) is 3.22. The minimum absolute atomic E-state index is 0.210. The number of nitrogens with one attached hydrogen (secondary N) is 1. The first-order valence-corrected chi connectivity index (χ1v) is 6.88. The molecule has 0 unspecified atom stereocenters. The molecule has 0 bridgehead atoms. The van der Waals surface area contributed by atoms with Gasteiger partial charge < -0.3 is 5.11 Å². The smallest absolute Gasteiger partial charge is 0.235 e. The molecule has 0 radical (unpaired) electrons. The molecule has 2 rings (SSSR count). The molecule has 0 heterocycles. The van der Waals surface area contributed by atoms with Gasteiger partial charge in [-0.05, 0) is 31.0 Å². The molecule has 4 nitrogen and oxygen atoms in total. The lowest BCUT2D eigenvalue weighted by atomic mass is 10.2. The van der Waals surface area contributed by atoms with Gasteiger partial charge in [0.25, 0.3) is 0 Å². The molecule has 0 aliphatic heterocycles. The molecule has 1 aromatic rings. The number of anilines is 1. The van der Waals surface area contributed by atoms with Gasteiger partial charge in [0.05, 0.1) is 5.25 Å². The average molecular weight is 251 g/mol. The fourth-order valence-corrected chi connectivity index (χ4v) is 2.81. The van der Waals surface area contributed by atoms with Crippen molar-refractivity contribution in [2.45, 2.75) is 18.1 Å². The minimum atomic E-state index is -3.22. The third-order valence-electron chi connectivity index (χ3n) is 2.40. The van der Waals surface area contributed by atoms with E-state index in [2.05, 4.69) is 16.6 Å². The summed E-state index contributed by atoms with van der Waals surface area (Å²) in [6.07, 6.45) is 1.47. The SMILES string of the molecule is O=S(=O)(Nc1cccc(C#CCO)c1)C1CC1. The monoisotopic (exact) mass is 251 g/mol. The molecule has 1 aromatic carbocycles. The van der Waals surface area contributed by atoms with Crippen molar-refractivity contribution in [3.05, 3.63) is 29.8 Å². The van der Waals surface area contributed by atoms with Gasteiger partial charge in [-0.2, -0.15) is 0 Å². The predicted molar refractivity (Wildman–Crippen MR) is 66.0 cm³/mol. The maximum absolute atomic E-state index is 11.7. The Bertz CT molecular complexity index is 565. The highest BCUT2D eigenvalue weighted by Gasteiger charge is 2.35. The second kappa shape index (κ2) is 4.78. The normalized spacial score (nSPS) is 14.9. The Labute approximate surface area is 101 Å². The van der Waals surface area contributed by atoms with Gasteiger partial charge >= 0.3 is 0 Å². The van der Waals surface area contributed by atoms with Gasteiger partial charge in [-0.15, -0.1) is 0 Å². The van der Waals surface area contributed by atoms with Crippen LogP contribution in [0.1, 0.15) is 18.4 Å². The van der Waals surface area contributed by atoms with Gasteiger partial charge in [-0.1, -0.05) is 17.9 Å². The largest absolute Gasteiger partial charge is 0.384 e. The van der Waals surface area contributed by atoms with E-state index in [0.717, 1.165) is 12.8 Å². The van der Waals surface area contributed by atoms with Crippen LogP contribution >= 0.6 is 0 Å². The van der Waals surface area contributed by atoms with Gasteiger partial charge in [-0.25, -0.2) is 8.42 Å². The predicted octanol–water partition coefficient (Wildman–Crippen LogP) is 0.934. The Morgan fingerprint density at radius 1 is 1.41 bits per heavy atom. The summed E-state index contributed by atoms with van der Waals surface area (Å²) in [6.45, 7) is -0.210. The van der Waals surface area contributed by atoms with Crippen LogP contribution in [0, 0.1) is 11.8 Å². The molecule has 1 saturated carbocycles. The van der Waals surface area contributed by atoms with Crippen LogP contribution in [-0.4, -0.2) is 25.4 Å². The standard InChI is InChI=1S/C12H13NO3S/c14-8-2-4-10-3-1-5-11(9-10)13-17(15,16)12-6-7-12/h1,3,5,9,12-14H,6-8H2. The summed E-state index contributed by atoms with van der Waals surface area (Å²) in [7, 11) is -3.22. The summed E-state index contributed by atoms with van der Waals surface area (Å²) in [6, 6.07) is 6.83. The molecule has 0 saturated heterocycles. The highest BCUT2D eigenvalue weighted by molar-refractivity contribution is 7.93. The van der Waals surface area contributed by atoms with Crippen molar-refractivity contribution >= 4 is 15.7 Å². The number of benzene rings is 1. The van der Waals surface area contributed by atoms with E-state index in [1.807, 2.05) is 0 Å². The molecule has 1 fully saturated rings. The van der Waals surface area contributed by atoms with Crippen molar-refractivity contribution in [3.8, 4) is 11.8 Å². The zero-order chi connectivity index (χ0) is 12.3. The topological polar surface area (TPSA) is 66.4 Å². The van der Waals surface area contributed by atoms with E-state index in [1.54, 1.807) is 24.3 Å². The van der Waals surface area contributed by atoms with Crippen LogP contribution in [0.15, 0.2) is 24.3 Å². The molecular weight excluding hydrogens is 238 g/mol. The second-order valence-corrected chi connectivity index (χ2v) is 5.85. The zero-order valence-corrected chi connectivity index (χ0v) is 10.00. The van der Waals surface area contributed by atoms with Gasteiger partial charge in [0, 0.05) is 11.3 Å². The molecule has 0 spiro atoms. The molecule has 0 atom stereocenters. The number of rotatable bonds is 3. The molecular formula is C12H13NO3S. The fraction of sp³-hybridized carbons (Fsp3) is 0.333. The Morgan fingerprint density at radius 3 is 2.82 bits per heavy atom. The van der Waals surface area contributed by atoms with E-state index < -0.39 is 10.0 Å². The van der Waals surface area contributed by atoms with Crippen LogP contribution in [0.2, 0.25) is 0 Å². The van der Waals surface area contributed by atoms with E-state index in [0.29, 0.717) is 11.3 Å². The lowest BCUT2D eigenvalue weighted by Gasteiger charge is -2.06. The lowest BCUT2D eigenvalue weighted by molar-refractivity contribution is 0.350. The van der Waals surface area contributed by atoms with Crippen LogP contribution in [0.4, 0.5) is 5.69 Å². The maximum Gasteiger partial charge on any atom is 0.235 e. The Balaban J connectivity index is 2.16. The molecule has 17 heavy (non-hydrogen) atoms. The number of hydrogen-bond donors (Lipinski definition) is 2. The Morgan fingerprint density at radius 2 is 2.18 bits per heavy atom. The molecule has 2 N–H and O–H groups in total. The first-order valence-electron chi connectivity index (χ1n) is 5.33. The van der Waals surface area contributed by atoms with Crippen molar-refractivity contribution in [2.24, 2.45) is 0 Å². The van der Waals surface area contributed by atoms with Crippen LogP contribution < -0.4 is 4.72 Å². The van der Waals surface area contributed by atoms with Crippen LogP contribution in [0.5, 0.6) is 0 Å². The van der Waals surface area contributed by atoms with Crippen molar-refractivity contribution in [1.82, 2.24) is 0 Å². The van der Waals surface area contributed by atoms with Gasteiger partial charge in [0.15, 0.2) is 0 Å². The van der Waals surface area contributed by atoms with Crippen molar-refractivity contribution < 1.29 is 13.5 Å². The van der Waals surface area contributed by atoms with E-state index >= 15 is 0 Å². The molecule has 0 aromatic heterocycles. The lowest BCUT2D eigenvalue weighted by Crippen LogP contribution is -2.17. The van der Waals surface area contributed by atoms with E-state index in [-0.39, 0.29) is 11.9 Å². The highest BCUT2D eigenvalue weighted by Crippen LogP contribution is 2.29. The van der Waals surface area contributed by atoms with Gasteiger partial charge in [0.1, 0.15) is 6.61 Å². The Kier molecular flexibility index (Phi) is 3.36. The van der Waals surface area contributed by atoms with E-state index in [4.69, 9.17) is 5.11 Å². The number of aliphatic hydroxyl groups excluding tert-OH is 1. The fourth-order valence-electron chi connectivity index (χ4n) is 1.43. The summed E-state index contributed by atoms with van der Waals surface area (Å²) in [5.74, 6) is 5.25. The zero-order valence-electron chi connectivity index (χ0n) is 9.18. The van der Waals surface area contributed by atoms with E-state index in [1.165, 1.54) is 0 Å². The Hall–Kier alpha value is -1.51. The third-order valence-corrected chi connectivity index (χ3v) is 4.27. The summed E-state index contributed by atoms with van der Waals surface area (Å²) < 4.78 is 25.9. The summed E-state index contributed by atoms with van der Waals surface area (Å²) >= 11 is 0. The minimum Gasteiger partial charge on any atom is -0.384 e. The maximum atomic E-state index is 11.7. The van der Waals surface area contributed by atoms with Crippen molar-refractivity contribution in [1.29, 1.82) is 0 Å². The first kappa shape index (κ1) is 12.0. The summed E-state index contributed by atoms with van der Waals surface area (Å²) in [5, 5.41) is 8.34. The van der Waals surface area contributed by atoms with Crippen molar-refractivity contribution in [2.75, 3.05) is 11.3 Å². The molecule has 1 aliphatic rings. The van der Waals surface area contributed by atoms with Crippen LogP contribution in [0.25, 0.3) is 0 Å². The molecule has 90 valence electrons. The quantitative estimate of drug-likeness (QED) is 0.785. The summed E-state index contributed by atoms with van der Waals surface area (Å²) in [5.41, 5.74) is 1.19. The van der Waals surface area contributed by atoms with Gasteiger partial charge in [-0.3, -0.25) is 4.72 Å². The molecule has 0 amide bonds. The van der Waals surface area contributed by atoms with Crippen molar-refractivity contribution in [3.63, 3.8) is 0 Å². The second-order valence-electron chi connectivity index (χ2n) is 3.89. The first-order chi connectivity index (χ1) is 8.12. The average Bonchev–Trinajstić information content (AvgIpc) is 3.10. The van der Waals surface area contributed by atoms with Crippen LogP contribution in [-0.2, 0) is 10.0 Å². The van der Waals surface area contributed by atoms with E-state index in [9.17, 15) is 8.42 Å². The van der Waals surface area contributed by atoms with Crippen LogP contribution in [0.3, 0.4) is 0 Å². The molecule has 5 heteroatoms. The number of sulfonamides is 1.